The number of aliphatic hydroxyl groups is 1. The number of alkyl halides is 3. The Labute approximate surface area is 119 Å². The van der Waals surface area contributed by atoms with Gasteiger partial charge < -0.3 is 9.84 Å². The zero-order chi connectivity index (χ0) is 16.4. The molecule has 0 bridgehead atoms. The fourth-order valence-corrected chi connectivity index (χ4v) is 1.92. The molecule has 1 amide bonds. The lowest BCUT2D eigenvalue weighted by Crippen LogP contribution is -2.58. The van der Waals surface area contributed by atoms with Crippen molar-refractivity contribution in [3.63, 3.8) is 0 Å². The van der Waals surface area contributed by atoms with Crippen LogP contribution >= 0.6 is 0 Å². The first kappa shape index (κ1) is 17.4. The van der Waals surface area contributed by atoms with Crippen LogP contribution in [-0.4, -0.2) is 46.2 Å². The van der Waals surface area contributed by atoms with Crippen LogP contribution in [0, 0.1) is 5.92 Å². The van der Waals surface area contributed by atoms with Crippen LogP contribution < -0.4 is 0 Å². The lowest BCUT2D eigenvalue weighted by molar-refractivity contribution is -0.302. The van der Waals surface area contributed by atoms with Gasteiger partial charge in [-0.2, -0.15) is 23.3 Å². The number of hydrogen-bond acceptors (Lipinski definition) is 5. The number of ether oxygens (including phenoxy) is 1. The van der Waals surface area contributed by atoms with Crippen molar-refractivity contribution in [3.05, 3.63) is 0 Å². The molecule has 0 radical (unpaired) electrons. The first-order valence-electron chi connectivity index (χ1n) is 6.39. The Balaban J connectivity index is 3.11. The highest BCUT2D eigenvalue weighted by Gasteiger charge is 2.64. The molecule has 21 heavy (non-hydrogen) atoms. The second kappa shape index (κ2) is 6.00. The summed E-state index contributed by atoms with van der Waals surface area (Å²) in [5.41, 5.74) is -3.51. The number of carbonyl (C=O) groups excluding carboxylic acids is 2. The average molecular weight is 310 g/mol. The number of halogens is 3. The molecule has 0 spiro atoms. The maximum absolute atomic E-state index is 13.0. The highest BCUT2D eigenvalue weighted by Crippen LogP contribution is 2.41. The van der Waals surface area contributed by atoms with Crippen molar-refractivity contribution < 1.29 is 32.6 Å². The summed E-state index contributed by atoms with van der Waals surface area (Å²) in [6, 6.07) is 0. The van der Waals surface area contributed by atoms with Crippen molar-refractivity contribution in [2.24, 2.45) is 11.0 Å². The minimum absolute atomic E-state index is 0.00229. The Bertz CT molecular complexity index is 462. The van der Waals surface area contributed by atoms with Gasteiger partial charge >= 0.3 is 18.1 Å². The first-order chi connectivity index (χ1) is 9.52. The van der Waals surface area contributed by atoms with Crippen LogP contribution in [0.3, 0.4) is 0 Å². The van der Waals surface area contributed by atoms with Crippen LogP contribution in [0.4, 0.5) is 13.2 Å². The number of hydrazone groups is 1. The molecule has 0 aromatic rings. The van der Waals surface area contributed by atoms with E-state index in [1.54, 1.807) is 13.8 Å². The summed E-state index contributed by atoms with van der Waals surface area (Å²) in [6.45, 7) is 4.74. The zero-order valence-corrected chi connectivity index (χ0v) is 11.9. The number of rotatable bonds is 3. The first-order valence-corrected chi connectivity index (χ1v) is 6.39. The average Bonchev–Trinajstić information content (AvgIpc) is 2.65. The van der Waals surface area contributed by atoms with Gasteiger partial charge in [0.2, 0.25) is 0 Å². The SMILES string of the molecule is CCOC(=O)C(=O)N1N=C(CC(C)C)C[C@@]1(O)C(F)(F)F. The molecule has 0 aromatic carbocycles. The van der Waals surface area contributed by atoms with Gasteiger partial charge in [-0.05, 0) is 19.3 Å². The molecular weight excluding hydrogens is 293 g/mol. The monoisotopic (exact) mass is 310 g/mol. The highest BCUT2D eigenvalue weighted by molar-refractivity contribution is 6.32. The molecule has 1 aliphatic rings. The second-order valence-corrected chi connectivity index (χ2v) is 5.09. The fraction of sp³-hybridized carbons (Fsp3) is 0.750. The smallest absolute Gasteiger partial charge is 0.438 e. The molecule has 0 fully saturated rings. The molecule has 0 saturated heterocycles. The van der Waals surface area contributed by atoms with Gasteiger partial charge in [-0.15, -0.1) is 0 Å². The molecule has 9 heteroatoms. The lowest BCUT2D eigenvalue weighted by atomic mass is 9.99. The molecule has 6 nitrogen and oxygen atoms in total. The van der Waals surface area contributed by atoms with E-state index >= 15 is 0 Å². The van der Waals surface area contributed by atoms with E-state index in [1.165, 1.54) is 6.92 Å². The van der Waals surface area contributed by atoms with Gasteiger partial charge in [0.05, 0.1) is 6.61 Å². The molecule has 0 unspecified atom stereocenters. The van der Waals surface area contributed by atoms with E-state index in [2.05, 4.69) is 9.84 Å². The minimum atomic E-state index is -5.14. The molecular formula is C12H17F3N2O4. The maximum atomic E-state index is 13.0. The third-order valence-corrected chi connectivity index (χ3v) is 2.78. The van der Waals surface area contributed by atoms with Crippen LogP contribution in [-0.2, 0) is 14.3 Å². The van der Waals surface area contributed by atoms with Gasteiger partial charge in [-0.3, -0.25) is 4.79 Å². The van der Waals surface area contributed by atoms with Crippen molar-refractivity contribution in [1.29, 1.82) is 0 Å². The van der Waals surface area contributed by atoms with Crippen LogP contribution in [0.15, 0.2) is 5.10 Å². The topological polar surface area (TPSA) is 79.2 Å². The number of hydrogen-bond donors (Lipinski definition) is 1. The quantitative estimate of drug-likeness (QED) is 0.632. The van der Waals surface area contributed by atoms with E-state index in [4.69, 9.17) is 0 Å². The van der Waals surface area contributed by atoms with Gasteiger partial charge in [0, 0.05) is 12.1 Å². The van der Waals surface area contributed by atoms with E-state index in [-0.39, 0.29) is 29.7 Å². The second-order valence-electron chi connectivity index (χ2n) is 5.09. The summed E-state index contributed by atoms with van der Waals surface area (Å²) in [5, 5.41) is 13.1. The van der Waals surface area contributed by atoms with Gasteiger partial charge in [0.25, 0.3) is 5.72 Å². The Morgan fingerprint density at radius 3 is 2.48 bits per heavy atom. The maximum Gasteiger partial charge on any atom is 0.438 e. The lowest BCUT2D eigenvalue weighted by Gasteiger charge is -2.31. The van der Waals surface area contributed by atoms with Gasteiger partial charge in [0.1, 0.15) is 0 Å². The molecule has 1 N–H and O–H groups in total. The van der Waals surface area contributed by atoms with Crippen LogP contribution in [0.1, 0.15) is 33.6 Å². The summed E-state index contributed by atoms with van der Waals surface area (Å²) >= 11 is 0. The van der Waals surface area contributed by atoms with Crippen molar-refractivity contribution in [3.8, 4) is 0 Å². The summed E-state index contributed by atoms with van der Waals surface area (Å²) in [5.74, 6) is -3.15. The summed E-state index contributed by atoms with van der Waals surface area (Å²) < 4.78 is 43.5. The Morgan fingerprint density at radius 1 is 1.48 bits per heavy atom. The minimum Gasteiger partial charge on any atom is -0.459 e. The van der Waals surface area contributed by atoms with Crippen molar-refractivity contribution in [1.82, 2.24) is 5.01 Å². The predicted molar refractivity (Wildman–Crippen MR) is 66.0 cm³/mol. The number of amides is 1. The number of carbonyl (C=O) groups is 2. The Kier molecular flexibility index (Phi) is 4.98. The number of nitrogens with zero attached hydrogens (tertiary/aromatic N) is 2. The van der Waals surface area contributed by atoms with Crippen LogP contribution in [0.5, 0.6) is 0 Å². The molecule has 1 heterocycles. The third kappa shape index (κ3) is 3.52. The standard InChI is InChI=1S/C12H17F3N2O4/c1-4-21-10(19)9(18)17-11(20,12(13,14)15)6-8(16-17)5-7(2)3/h7,20H,4-6H2,1-3H3/t11-/m1/s1. The molecule has 0 aromatic heterocycles. The zero-order valence-electron chi connectivity index (χ0n) is 11.9. The van der Waals surface area contributed by atoms with E-state index < -0.39 is 30.2 Å². The van der Waals surface area contributed by atoms with E-state index in [9.17, 15) is 27.9 Å². The molecule has 120 valence electrons. The van der Waals surface area contributed by atoms with E-state index in [0.717, 1.165) is 0 Å². The predicted octanol–water partition coefficient (Wildman–Crippen LogP) is 1.43. The van der Waals surface area contributed by atoms with Gasteiger partial charge in [0.15, 0.2) is 0 Å². The van der Waals surface area contributed by atoms with Gasteiger partial charge in [-0.25, -0.2) is 4.79 Å². The molecule has 1 atom stereocenters. The molecule has 0 saturated carbocycles. The molecule has 0 aliphatic carbocycles. The fourth-order valence-electron chi connectivity index (χ4n) is 1.92. The summed E-state index contributed by atoms with van der Waals surface area (Å²) in [7, 11) is 0. The van der Waals surface area contributed by atoms with Crippen LogP contribution in [0.2, 0.25) is 0 Å². The van der Waals surface area contributed by atoms with Crippen molar-refractivity contribution in [2.75, 3.05) is 6.61 Å². The summed E-state index contributed by atoms with van der Waals surface area (Å²) in [6.07, 6.45) is -5.85. The number of esters is 1. The van der Waals surface area contributed by atoms with E-state index in [0.29, 0.717) is 0 Å². The largest absolute Gasteiger partial charge is 0.459 e. The normalized spacial score (nSPS) is 22.5. The Morgan fingerprint density at radius 2 is 2.05 bits per heavy atom. The highest BCUT2D eigenvalue weighted by atomic mass is 19.4. The van der Waals surface area contributed by atoms with Crippen LogP contribution in [0.25, 0.3) is 0 Å². The summed E-state index contributed by atoms with van der Waals surface area (Å²) in [4.78, 5) is 23.0. The van der Waals surface area contributed by atoms with E-state index in [1.807, 2.05) is 0 Å². The molecule has 1 rings (SSSR count). The Hall–Kier alpha value is -1.64. The molecule has 1 aliphatic heterocycles. The van der Waals surface area contributed by atoms with Crippen molar-refractivity contribution in [2.45, 2.75) is 45.5 Å². The third-order valence-electron chi connectivity index (χ3n) is 2.78. The van der Waals surface area contributed by atoms with Gasteiger partial charge in [-0.1, -0.05) is 13.8 Å². The van der Waals surface area contributed by atoms with Crippen molar-refractivity contribution >= 4 is 17.6 Å².